The second kappa shape index (κ2) is 8.47. The molecule has 1 heterocycles. The average Bonchev–Trinajstić information content (AvgIpc) is 2.79. The van der Waals surface area contributed by atoms with E-state index in [-0.39, 0.29) is 12.4 Å². The summed E-state index contributed by atoms with van der Waals surface area (Å²) in [6.07, 6.45) is 1.99. The van der Waals surface area contributed by atoms with Crippen LogP contribution < -0.4 is 19.9 Å². The van der Waals surface area contributed by atoms with Gasteiger partial charge in [-0.05, 0) is 29.1 Å². The molecular formula is C24H21FN2O4. The summed E-state index contributed by atoms with van der Waals surface area (Å²) in [6, 6.07) is 13.6. The molecule has 1 aromatic heterocycles. The van der Waals surface area contributed by atoms with Crippen LogP contribution in [0.15, 0.2) is 54.7 Å². The maximum absolute atomic E-state index is 15.0. The van der Waals surface area contributed by atoms with Gasteiger partial charge in [0.05, 0.1) is 26.3 Å². The van der Waals surface area contributed by atoms with Gasteiger partial charge in [-0.2, -0.15) is 0 Å². The molecular weight excluding hydrogens is 399 g/mol. The fourth-order valence-corrected chi connectivity index (χ4v) is 3.62. The van der Waals surface area contributed by atoms with Gasteiger partial charge in [0.25, 0.3) is 0 Å². The molecule has 3 aromatic carbocycles. The Morgan fingerprint density at radius 1 is 0.968 bits per heavy atom. The van der Waals surface area contributed by atoms with Crippen LogP contribution >= 0.6 is 0 Å². The standard InChI is InChI=1S/C24H21FN2O4/c1-29-21-12-18-19(13-22(21)30-2)27-10-8-20(18)31-11-9-14-6-7-15-16(23(14)25)4-3-5-17(15)24(26)28/h3-8,10,12-13H,9,11H2,1-2H3,(H2,26,28). The van der Waals surface area contributed by atoms with Crippen molar-refractivity contribution in [1.29, 1.82) is 0 Å². The number of benzene rings is 3. The van der Waals surface area contributed by atoms with Crippen LogP contribution in [0.3, 0.4) is 0 Å². The summed E-state index contributed by atoms with van der Waals surface area (Å²) in [5, 5.41) is 1.63. The molecule has 4 aromatic rings. The number of hydrogen-bond donors (Lipinski definition) is 1. The van der Waals surface area contributed by atoms with Gasteiger partial charge in [0, 0.05) is 35.0 Å². The zero-order valence-corrected chi connectivity index (χ0v) is 17.1. The van der Waals surface area contributed by atoms with Gasteiger partial charge in [-0.1, -0.05) is 24.3 Å². The minimum Gasteiger partial charge on any atom is -0.493 e. The van der Waals surface area contributed by atoms with Gasteiger partial charge in [0.1, 0.15) is 11.6 Å². The Hall–Kier alpha value is -3.87. The van der Waals surface area contributed by atoms with E-state index in [0.29, 0.717) is 51.1 Å². The molecule has 0 atom stereocenters. The van der Waals surface area contributed by atoms with Crippen LogP contribution in [0.25, 0.3) is 21.7 Å². The summed E-state index contributed by atoms with van der Waals surface area (Å²) < 4.78 is 31.7. The third-order valence-electron chi connectivity index (χ3n) is 5.18. The van der Waals surface area contributed by atoms with E-state index >= 15 is 4.39 Å². The quantitative estimate of drug-likeness (QED) is 0.483. The normalized spacial score (nSPS) is 10.9. The van der Waals surface area contributed by atoms with E-state index in [4.69, 9.17) is 19.9 Å². The molecule has 31 heavy (non-hydrogen) atoms. The number of hydrogen-bond acceptors (Lipinski definition) is 5. The van der Waals surface area contributed by atoms with E-state index in [1.165, 1.54) is 0 Å². The lowest BCUT2D eigenvalue weighted by Gasteiger charge is -2.13. The van der Waals surface area contributed by atoms with Crippen LogP contribution in [0.2, 0.25) is 0 Å². The molecule has 158 valence electrons. The SMILES string of the molecule is COc1cc2nccc(OCCc3ccc4c(C(N)=O)cccc4c3F)c2cc1OC. The van der Waals surface area contributed by atoms with E-state index in [0.717, 1.165) is 5.39 Å². The lowest BCUT2D eigenvalue weighted by atomic mass is 10.00. The van der Waals surface area contributed by atoms with Crippen LogP contribution in [-0.2, 0) is 6.42 Å². The topological polar surface area (TPSA) is 83.7 Å². The van der Waals surface area contributed by atoms with Crippen molar-refractivity contribution in [2.75, 3.05) is 20.8 Å². The molecule has 0 unspecified atom stereocenters. The largest absolute Gasteiger partial charge is 0.493 e. The molecule has 0 saturated carbocycles. The van der Waals surface area contributed by atoms with Crippen molar-refractivity contribution in [3.63, 3.8) is 0 Å². The summed E-state index contributed by atoms with van der Waals surface area (Å²) >= 11 is 0. The molecule has 0 saturated heterocycles. The summed E-state index contributed by atoms with van der Waals surface area (Å²) in [5.74, 6) is 0.794. The number of fused-ring (bicyclic) bond motifs is 2. The lowest BCUT2D eigenvalue weighted by Crippen LogP contribution is -2.11. The number of carbonyl (C=O) groups excluding carboxylic acids is 1. The van der Waals surface area contributed by atoms with Crippen LogP contribution in [0.1, 0.15) is 15.9 Å². The van der Waals surface area contributed by atoms with Crippen LogP contribution in [0, 0.1) is 5.82 Å². The first-order valence-corrected chi connectivity index (χ1v) is 9.67. The van der Waals surface area contributed by atoms with E-state index in [1.807, 2.05) is 0 Å². The summed E-state index contributed by atoms with van der Waals surface area (Å²) in [5.41, 5.74) is 6.88. The first-order chi connectivity index (χ1) is 15.0. The second-order valence-electron chi connectivity index (χ2n) is 6.94. The summed E-state index contributed by atoms with van der Waals surface area (Å²) in [4.78, 5) is 15.9. The molecule has 0 aliphatic heterocycles. The highest BCUT2D eigenvalue weighted by molar-refractivity contribution is 6.06. The Morgan fingerprint density at radius 2 is 1.74 bits per heavy atom. The molecule has 0 radical (unpaired) electrons. The zero-order valence-electron chi connectivity index (χ0n) is 17.1. The van der Waals surface area contributed by atoms with Crippen molar-refractivity contribution in [2.24, 2.45) is 5.73 Å². The number of nitrogens with two attached hydrogens (primary N) is 1. The summed E-state index contributed by atoms with van der Waals surface area (Å²) in [6.45, 7) is 0.255. The Balaban J connectivity index is 1.58. The second-order valence-corrected chi connectivity index (χ2v) is 6.94. The molecule has 0 spiro atoms. The van der Waals surface area contributed by atoms with E-state index < -0.39 is 5.91 Å². The van der Waals surface area contributed by atoms with Gasteiger partial charge >= 0.3 is 0 Å². The predicted molar refractivity (Wildman–Crippen MR) is 116 cm³/mol. The number of pyridine rings is 1. The number of amides is 1. The lowest BCUT2D eigenvalue weighted by molar-refractivity contribution is 0.100. The predicted octanol–water partition coefficient (Wildman–Crippen LogP) is 4.26. The number of primary amides is 1. The smallest absolute Gasteiger partial charge is 0.249 e. The van der Waals surface area contributed by atoms with E-state index in [9.17, 15) is 4.79 Å². The van der Waals surface area contributed by atoms with E-state index in [2.05, 4.69) is 4.98 Å². The van der Waals surface area contributed by atoms with E-state index in [1.54, 1.807) is 68.9 Å². The van der Waals surface area contributed by atoms with Gasteiger partial charge in [0.2, 0.25) is 5.91 Å². The molecule has 7 heteroatoms. The number of rotatable bonds is 7. The Bertz CT molecular complexity index is 1290. The van der Waals surface area contributed by atoms with Crippen molar-refractivity contribution < 1.29 is 23.4 Å². The molecule has 0 aliphatic carbocycles. The molecule has 1 amide bonds. The fraction of sp³-hybridized carbons (Fsp3) is 0.167. The first-order valence-electron chi connectivity index (χ1n) is 9.67. The highest BCUT2D eigenvalue weighted by atomic mass is 19.1. The van der Waals surface area contributed by atoms with Crippen LogP contribution in [0.4, 0.5) is 4.39 Å². The van der Waals surface area contributed by atoms with Crippen molar-refractivity contribution in [3.05, 3.63) is 71.7 Å². The third-order valence-corrected chi connectivity index (χ3v) is 5.18. The highest BCUT2D eigenvalue weighted by Gasteiger charge is 2.14. The molecule has 0 bridgehead atoms. The molecule has 0 fully saturated rings. The highest BCUT2D eigenvalue weighted by Crippen LogP contribution is 2.35. The number of aromatic nitrogens is 1. The van der Waals surface area contributed by atoms with Crippen molar-refractivity contribution >= 4 is 27.6 Å². The average molecular weight is 420 g/mol. The summed E-state index contributed by atoms with van der Waals surface area (Å²) in [7, 11) is 3.13. The molecule has 6 nitrogen and oxygen atoms in total. The molecule has 0 aliphatic rings. The molecule has 4 rings (SSSR count). The van der Waals surface area contributed by atoms with Crippen LogP contribution in [0.5, 0.6) is 17.2 Å². The number of ether oxygens (including phenoxy) is 3. The maximum atomic E-state index is 15.0. The minimum atomic E-state index is -0.585. The minimum absolute atomic E-state index is 0.255. The van der Waals surface area contributed by atoms with Crippen molar-refractivity contribution in [1.82, 2.24) is 4.98 Å². The monoisotopic (exact) mass is 420 g/mol. The Morgan fingerprint density at radius 3 is 2.48 bits per heavy atom. The molecule has 2 N–H and O–H groups in total. The maximum Gasteiger partial charge on any atom is 0.249 e. The number of methoxy groups -OCH3 is 2. The first kappa shape index (κ1) is 20.4. The van der Waals surface area contributed by atoms with Crippen molar-refractivity contribution in [2.45, 2.75) is 6.42 Å². The number of nitrogens with zero attached hydrogens (tertiary/aromatic N) is 1. The zero-order chi connectivity index (χ0) is 22.0. The van der Waals surface area contributed by atoms with Gasteiger partial charge in [-0.25, -0.2) is 4.39 Å². The Labute approximate surface area is 178 Å². The van der Waals surface area contributed by atoms with Gasteiger partial charge in [0.15, 0.2) is 11.5 Å². The number of carbonyl (C=O) groups is 1. The number of halogens is 1. The van der Waals surface area contributed by atoms with Crippen molar-refractivity contribution in [3.8, 4) is 17.2 Å². The van der Waals surface area contributed by atoms with Crippen LogP contribution in [-0.4, -0.2) is 31.7 Å². The Kier molecular flexibility index (Phi) is 5.58. The van der Waals surface area contributed by atoms with Gasteiger partial charge in [-0.3, -0.25) is 9.78 Å². The third kappa shape index (κ3) is 3.82. The van der Waals surface area contributed by atoms with Gasteiger partial charge < -0.3 is 19.9 Å². The fourth-order valence-electron chi connectivity index (χ4n) is 3.62. The van der Waals surface area contributed by atoms with Gasteiger partial charge in [-0.15, -0.1) is 0 Å².